The number of nitrogens with zero attached hydrogens (tertiary/aromatic N) is 6. The van der Waals surface area contributed by atoms with Gasteiger partial charge in [-0.25, -0.2) is 9.97 Å². The number of rotatable bonds is 26. The van der Waals surface area contributed by atoms with Crippen molar-refractivity contribution in [2.75, 3.05) is 95.1 Å². The standard InChI is InChI=1S/C54H75N11O10S/c1-8-41-51(70)63(6)43-30-58-53(62-48(43)65(41)38-11-9-10-12-38)60-40-18-17-37(27-44(40)72-7)49(68)56-20-22-74-24-26-75-25-23-73-21-19-55-31-45(67)61-47(54(3,4)5)52(71)64-32-39(66)28-42(64)50(69)57-29-35-13-15-36(16-14-35)46-34(2)59-33-76-46/h13-18,27,30,33,38-39,41-42,47,55,66H,8-12,19-26,28-29,31-32H2,1-7H3,(H,56,68)(H,57,69)(H,61,67)(H,58,60,62)/t39-,41-,42+,47-/m1/s1. The third-order valence-electron chi connectivity index (χ3n) is 13.8. The van der Waals surface area contributed by atoms with Crippen molar-refractivity contribution in [3.8, 4) is 16.2 Å². The van der Waals surface area contributed by atoms with E-state index in [4.69, 9.17) is 23.9 Å². The Labute approximate surface area is 449 Å². The SMILES string of the molecule is CC[C@@H]1C(=O)N(C)c2cnc(Nc3ccc(C(=O)NCCOCCOCCOCCNCC(=O)N[C@H](C(=O)N4C[C@H](O)C[C@H]4C(=O)NCc4ccc(-c5scnc5C)cc4)C(C)(C)C)cc3OC)nc2N1C1CCCC1. The minimum atomic E-state index is -0.941. The van der Waals surface area contributed by atoms with Crippen molar-refractivity contribution in [1.29, 1.82) is 0 Å². The summed E-state index contributed by atoms with van der Waals surface area (Å²) in [7, 11) is 3.30. The summed E-state index contributed by atoms with van der Waals surface area (Å²) < 4.78 is 22.5. The van der Waals surface area contributed by atoms with Crippen LogP contribution in [-0.2, 0) is 39.9 Å². The molecule has 0 radical (unpaired) electrons. The summed E-state index contributed by atoms with van der Waals surface area (Å²) in [5.74, 6) is 0.107. The minimum absolute atomic E-state index is 0.0128. The van der Waals surface area contributed by atoms with Gasteiger partial charge in [-0.15, -0.1) is 11.3 Å². The van der Waals surface area contributed by atoms with Crippen LogP contribution in [-0.4, -0.2) is 165 Å². The predicted octanol–water partition coefficient (Wildman–Crippen LogP) is 4.34. The lowest BCUT2D eigenvalue weighted by Gasteiger charge is -2.43. The van der Waals surface area contributed by atoms with Gasteiger partial charge in [-0.2, -0.15) is 4.98 Å². The van der Waals surface area contributed by atoms with Gasteiger partial charge in [0.25, 0.3) is 5.91 Å². The monoisotopic (exact) mass is 1070 g/mol. The smallest absolute Gasteiger partial charge is 0.251 e. The number of benzene rings is 2. The number of nitrogens with one attached hydrogen (secondary N) is 5. The van der Waals surface area contributed by atoms with Crippen LogP contribution >= 0.6 is 11.3 Å². The van der Waals surface area contributed by atoms with E-state index in [0.717, 1.165) is 53.2 Å². The van der Waals surface area contributed by atoms with Crippen molar-refractivity contribution in [3.63, 3.8) is 0 Å². The van der Waals surface area contributed by atoms with Gasteiger partial charge in [-0.1, -0.05) is 64.8 Å². The van der Waals surface area contributed by atoms with Crippen molar-refractivity contribution >= 4 is 64.0 Å². The number of ether oxygens (including phenoxy) is 4. The van der Waals surface area contributed by atoms with Crippen molar-refractivity contribution < 1.29 is 48.0 Å². The van der Waals surface area contributed by atoms with Crippen LogP contribution in [0.2, 0.25) is 0 Å². The number of aryl methyl sites for hydroxylation is 1. The lowest BCUT2D eigenvalue weighted by molar-refractivity contribution is -0.144. The number of aromatic nitrogens is 3. The number of methoxy groups -OCH3 is 1. The number of likely N-dealkylation sites (N-methyl/N-ethyl adjacent to an activating group) is 1. The van der Waals surface area contributed by atoms with Gasteiger partial charge in [-0.05, 0) is 60.9 Å². The second kappa shape index (κ2) is 27.1. The Hall–Kier alpha value is -6.30. The number of thiazole rings is 1. The van der Waals surface area contributed by atoms with E-state index < -0.39 is 29.5 Å². The highest BCUT2D eigenvalue weighted by molar-refractivity contribution is 7.13. The number of hydrogen-bond acceptors (Lipinski definition) is 17. The van der Waals surface area contributed by atoms with E-state index >= 15 is 0 Å². The first-order valence-corrected chi connectivity index (χ1v) is 27.1. The molecular weight excluding hydrogens is 995 g/mol. The van der Waals surface area contributed by atoms with Crippen LogP contribution < -0.4 is 41.1 Å². The quantitative estimate of drug-likeness (QED) is 0.0479. The average Bonchev–Trinajstić information content (AvgIpc) is 4.22. The summed E-state index contributed by atoms with van der Waals surface area (Å²) in [4.78, 5) is 86.8. The van der Waals surface area contributed by atoms with Gasteiger partial charge < -0.3 is 65.3 Å². The first kappa shape index (κ1) is 57.4. The number of fused-ring (bicyclic) bond motifs is 1. The van der Waals surface area contributed by atoms with Crippen molar-refractivity contribution in [3.05, 3.63) is 71.0 Å². The van der Waals surface area contributed by atoms with Crippen LogP contribution in [0.1, 0.15) is 87.8 Å². The maximum atomic E-state index is 14.0. The molecule has 4 aromatic rings. The Bertz CT molecular complexity index is 2610. The molecule has 0 spiro atoms. The maximum Gasteiger partial charge on any atom is 0.251 e. The zero-order valence-electron chi connectivity index (χ0n) is 44.8. The van der Waals surface area contributed by atoms with E-state index in [2.05, 4.69) is 41.5 Å². The molecule has 7 rings (SSSR count). The van der Waals surface area contributed by atoms with Gasteiger partial charge in [0.1, 0.15) is 29.6 Å². The van der Waals surface area contributed by atoms with Gasteiger partial charge in [0.15, 0.2) is 5.82 Å². The molecule has 0 bridgehead atoms. The van der Waals surface area contributed by atoms with Crippen LogP contribution in [0.4, 0.5) is 23.1 Å². The minimum Gasteiger partial charge on any atom is -0.495 e. The third kappa shape index (κ3) is 14.8. The number of aliphatic hydroxyl groups excluding tert-OH is 1. The van der Waals surface area contributed by atoms with Gasteiger partial charge in [-0.3, -0.25) is 24.0 Å². The fourth-order valence-electron chi connectivity index (χ4n) is 9.72. The van der Waals surface area contributed by atoms with Crippen molar-refractivity contribution in [2.45, 2.75) is 110 Å². The molecule has 22 heteroatoms. The number of likely N-dealkylation sites (tertiary alicyclic amines) is 1. The molecule has 6 N–H and O–H groups in total. The van der Waals surface area contributed by atoms with Crippen LogP contribution in [0.3, 0.4) is 0 Å². The number of carbonyl (C=O) groups is 5. The Morgan fingerprint density at radius 1 is 0.921 bits per heavy atom. The highest BCUT2D eigenvalue weighted by atomic mass is 32.1. The molecule has 412 valence electrons. The first-order valence-electron chi connectivity index (χ1n) is 26.2. The van der Waals surface area contributed by atoms with Gasteiger partial charge in [0.05, 0.1) is 87.4 Å². The topological polar surface area (TPSA) is 251 Å². The molecule has 1 saturated heterocycles. The second-order valence-corrected chi connectivity index (χ2v) is 21.2. The first-order chi connectivity index (χ1) is 36.6. The Balaban J connectivity index is 0.739. The zero-order valence-corrected chi connectivity index (χ0v) is 45.6. The summed E-state index contributed by atoms with van der Waals surface area (Å²) >= 11 is 1.57. The molecule has 2 aromatic heterocycles. The summed E-state index contributed by atoms with van der Waals surface area (Å²) in [6.07, 6.45) is 5.87. The number of carbonyl (C=O) groups excluding carboxylic acids is 5. The van der Waals surface area contributed by atoms with E-state index in [1.165, 1.54) is 12.0 Å². The highest BCUT2D eigenvalue weighted by Crippen LogP contribution is 2.40. The fourth-order valence-corrected chi connectivity index (χ4v) is 10.5. The molecule has 5 amide bonds. The number of aliphatic hydroxyl groups is 1. The van der Waals surface area contributed by atoms with Gasteiger partial charge >= 0.3 is 0 Å². The third-order valence-corrected chi connectivity index (χ3v) is 14.8. The second-order valence-electron chi connectivity index (χ2n) is 20.3. The highest BCUT2D eigenvalue weighted by Gasteiger charge is 2.45. The maximum absolute atomic E-state index is 14.0. The molecule has 2 aromatic carbocycles. The van der Waals surface area contributed by atoms with E-state index in [1.807, 2.05) is 64.4 Å². The van der Waals surface area contributed by atoms with Crippen LogP contribution in [0.15, 0.2) is 54.2 Å². The molecule has 21 nitrogen and oxygen atoms in total. The number of amides is 5. The van der Waals surface area contributed by atoms with E-state index in [-0.39, 0.29) is 74.9 Å². The van der Waals surface area contributed by atoms with Gasteiger partial charge in [0, 0.05) is 51.3 Å². The molecule has 2 fully saturated rings. The predicted molar refractivity (Wildman–Crippen MR) is 290 cm³/mol. The molecule has 4 atom stereocenters. The van der Waals surface area contributed by atoms with Crippen LogP contribution in [0.5, 0.6) is 5.75 Å². The zero-order chi connectivity index (χ0) is 54.4. The fraction of sp³-hybridized carbons (Fsp3) is 0.556. The number of hydrogen-bond donors (Lipinski definition) is 6. The molecule has 76 heavy (non-hydrogen) atoms. The Morgan fingerprint density at radius 2 is 1.62 bits per heavy atom. The molecular formula is C54H75N11O10S. The van der Waals surface area contributed by atoms with E-state index in [9.17, 15) is 29.1 Å². The van der Waals surface area contributed by atoms with Crippen molar-refractivity contribution in [1.82, 2.24) is 41.1 Å². The molecule has 2 aliphatic heterocycles. The molecule has 4 heterocycles. The van der Waals surface area contributed by atoms with Crippen molar-refractivity contribution in [2.24, 2.45) is 5.41 Å². The summed E-state index contributed by atoms with van der Waals surface area (Å²) in [5.41, 5.74) is 5.70. The Morgan fingerprint density at radius 3 is 2.28 bits per heavy atom. The number of β-amino-alcohol motifs (C(OH)–C–C–N with tert-alkyl or cyclic N) is 1. The molecule has 1 aliphatic carbocycles. The van der Waals surface area contributed by atoms with E-state index in [0.29, 0.717) is 74.6 Å². The molecule has 3 aliphatic rings. The van der Waals surface area contributed by atoms with Gasteiger partial charge in [0.2, 0.25) is 29.6 Å². The molecule has 1 saturated carbocycles. The molecule has 0 unspecified atom stereocenters. The average molecular weight is 1070 g/mol. The summed E-state index contributed by atoms with van der Waals surface area (Å²) in [5, 5.41) is 25.5. The largest absolute Gasteiger partial charge is 0.495 e. The van der Waals surface area contributed by atoms with E-state index in [1.54, 1.807) is 47.7 Å². The Kier molecular flexibility index (Phi) is 20.5. The lowest BCUT2D eigenvalue weighted by Crippen LogP contribution is -2.58. The normalized spacial score (nSPS) is 18.1. The van der Waals surface area contributed by atoms with Crippen LogP contribution in [0.25, 0.3) is 10.4 Å². The lowest BCUT2D eigenvalue weighted by atomic mass is 9.85. The number of anilines is 4. The summed E-state index contributed by atoms with van der Waals surface area (Å²) in [6, 6.07) is 11.1. The summed E-state index contributed by atoms with van der Waals surface area (Å²) in [6.45, 7) is 12.3. The van der Waals surface area contributed by atoms with Crippen LogP contribution in [0, 0.1) is 12.3 Å².